The number of nitrogens with zero attached hydrogens (tertiary/aromatic N) is 3. The van der Waals surface area contributed by atoms with E-state index < -0.39 is 0 Å². The van der Waals surface area contributed by atoms with Crippen LogP contribution in [0.15, 0.2) is 4.99 Å². The van der Waals surface area contributed by atoms with Gasteiger partial charge in [-0.25, -0.2) is 0 Å². The van der Waals surface area contributed by atoms with Crippen molar-refractivity contribution in [1.29, 1.82) is 0 Å². The summed E-state index contributed by atoms with van der Waals surface area (Å²) in [6.45, 7) is 13.2. The highest BCUT2D eigenvalue weighted by molar-refractivity contribution is 5.80. The number of hydrogen-bond acceptors (Lipinski definition) is 4. The molecule has 132 valence electrons. The number of guanidine groups is 1. The van der Waals surface area contributed by atoms with Crippen LogP contribution in [0.3, 0.4) is 0 Å². The molecule has 1 spiro atoms. The maximum atomic E-state index is 5.77. The Morgan fingerprint density at radius 2 is 2.04 bits per heavy atom. The molecule has 0 aromatic heterocycles. The van der Waals surface area contributed by atoms with Gasteiger partial charge in [0.05, 0.1) is 18.8 Å². The first-order chi connectivity index (χ1) is 11.0. The highest BCUT2D eigenvalue weighted by Crippen LogP contribution is 2.38. The quantitative estimate of drug-likeness (QED) is 0.614. The fraction of sp³-hybridized carbons (Fsp3) is 0.941. The SMILES string of the molecule is CN=C(NCCN1CCOC(C)(C)C1)N1CCC2(CCOC2)C1. The number of aliphatic imine (C=N–C) groups is 1. The van der Waals surface area contributed by atoms with Gasteiger partial charge in [0.15, 0.2) is 5.96 Å². The number of nitrogens with one attached hydrogen (secondary N) is 1. The van der Waals surface area contributed by atoms with Crippen LogP contribution in [0.2, 0.25) is 0 Å². The maximum absolute atomic E-state index is 5.77. The molecule has 6 nitrogen and oxygen atoms in total. The highest BCUT2D eigenvalue weighted by Gasteiger charge is 2.42. The Hall–Kier alpha value is -0.850. The van der Waals surface area contributed by atoms with E-state index in [-0.39, 0.29) is 5.60 Å². The minimum atomic E-state index is -0.0241. The van der Waals surface area contributed by atoms with E-state index in [0.717, 1.165) is 65.0 Å². The molecule has 3 fully saturated rings. The van der Waals surface area contributed by atoms with Gasteiger partial charge in [0, 0.05) is 58.3 Å². The first-order valence-electron chi connectivity index (χ1n) is 8.92. The normalized spacial score (nSPS) is 32.0. The van der Waals surface area contributed by atoms with Crippen molar-refractivity contribution in [2.45, 2.75) is 32.3 Å². The summed E-state index contributed by atoms with van der Waals surface area (Å²) in [6, 6.07) is 0. The van der Waals surface area contributed by atoms with Crippen LogP contribution in [0.1, 0.15) is 26.7 Å². The number of rotatable bonds is 3. The molecule has 0 saturated carbocycles. The van der Waals surface area contributed by atoms with Gasteiger partial charge >= 0.3 is 0 Å². The third-order valence-corrected chi connectivity index (χ3v) is 5.35. The van der Waals surface area contributed by atoms with Gasteiger partial charge < -0.3 is 19.7 Å². The Labute approximate surface area is 140 Å². The van der Waals surface area contributed by atoms with Gasteiger partial charge in [-0.3, -0.25) is 9.89 Å². The van der Waals surface area contributed by atoms with Gasteiger partial charge in [0.1, 0.15) is 0 Å². The van der Waals surface area contributed by atoms with Gasteiger partial charge in [-0.05, 0) is 26.7 Å². The summed E-state index contributed by atoms with van der Waals surface area (Å²) in [5.41, 5.74) is 0.357. The van der Waals surface area contributed by atoms with Crippen molar-refractivity contribution in [2.24, 2.45) is 10.4 Å². The second kappa shape index (κ2) is 6.95. The van der Waals surface area contributed by atoms with Crippen molar-refractivity contribution in [3.8, 4) is 0 Å². The molecule has 3 aliphatic rings. The Morgan fingerprint density at radius 3 is 2.74 bits per heavy atom. The van der Waals surface area contributed by atoms with Gasteiger partial charge in [0.2, 0.25) is 0 Å². The molecule has 6 heteroatoms. The van der Waals surface area contributed by atoms with Gasteiger partial charge in [-0.1, -0.05) is 0 Å². The zero-order valence-corrected chi connectivity index (χ0v) is 14.9. The number of morpholine rings is 1. The Bertz CT molecular complexity index is 432. The molecule has 3 aliphatic heterocycles. The van der Waals surface area contributed by atoms with Crippen molar-refractivity contribution in [3.63, 3.8) is 0 Å². The van der Waals surface area contributed by atoms with Gasteiger partial charge in [-0.15, -0.1) is 0 Å². The summed E-state index contributed by atoms with van der Waals surface area (Å²) in [5, 5.41) is 3.54. The lowest BCUT2D eigenvalue weighted by Crippen LogP contribution is -2.51. The van der Waals surface area contributed by atoms with Crippen LogP contribution in [0, 0.1) is 5.41 Å². The first-order valence-corrected chi connectivity index (χ1v) is 8.92. The molecule has 3 saturated heterocycles. The van der Waals surface area contributed by atoms with E-state index in [1.807, 2.05) is 7.05 Å². The Kier molecular flexibility index (Phi) is 5.13. The predicted molar refractivity (Wildman–Crippen MR) is 91.9 cm³/mol. The number of hydrogen-bond donors (Lipinski definition) is 1. The molecule has 1 atom stereocenters. The fourth-order valence-electron chi connectivity index (χ4n) is 4.05. The van der Waals surface area contributed by atoms with Crippen molar-refractivity contribution in [2.75, 3.05) is 66.1 Å². The molecule has 0 radical (unpaired) electrons. The summed E-state index contributed by atoms with van der Waals surface area (Å²) >= 11 is 0. The average molecular weight is 324 g/mol. The Morgan fingerprint density at radius 1 is 1.17 bits per heavy atom. The van der Waals surface area contributed by atoms with Gasteiger partial charge in [-0.2, -0.15) is 0 Å². The lowest BCUT2D eigenvalue weighted by atomic mass is 9.87. The smallest absolute Gasteiger partial charge is 0.193 e. The second-order valence-corrected chi connectivity index (χ2v) is 7.83. The molecule has 0 aliphatic carbocycles. The molecule has 1 unspecified atom stereocenters. The fourth-order valence-corrected chi connectivity index (χ4v) is 4.05. The molecule has 0 amide bonds. The topological polar surface area (TPSA) is 49.3 Å². The zero-order valence-electron chi connectivity index (χ0n) is 14.9. The van der Waals surface area contributed by atoms with E-state index in [2.05, 4.69) is 34.0 Å². The van der Waals surface area contributed by atoms with E-state index >= 15 is 0 Å². The van der Waals surface area contributed by atoms with Crippen molar-refractivity contribution in [1.82, 2.24) is 15.1 Å². The standard InChI is InChI=1S/C17H32N4O2/c1-16(2)12-20(9-11-23-16)8-6-19-15(18-3)21-7-4-17(13-21)5-10-22-14-17/h4-14H2,1-3H3,(H,18,19). The van der Waals surface area contributed by atoms with E-state index in [1.165, 1.54) is 12.8 Å². The second-order valence-electron chi connectivity index (χ2n) is 7.83. The summed E-state index contributed by atoms with van der Waals surface area (Å²) in [5.74, 6) is 1.04. The molecule has 0 aromatic carbocycles. The lowest BCUT2D eigenvalue weighted by Gasteiger charge is -2.38. The van der Waals surface area contributed by atoms with E-state index in [1.54, 1.807) is 0 Å². The monoisotopic (exact) mass is 324 g/mol. The van der Waals surface area contributed by atoms with Crippen LogP contribution in [0.4, 0.5) is 0 Å². The number of likely N-dealkylation sites (tertiary alicyclic amines) is 1. The molecular weight excluding hydrogens is 292 g/mol. The largest absolute Gasteiger partial charge is 0.381 e. The number of ether oxygens (including phenoxy) is 2. The molecule has 1 N–H and O–H groups in total. The highest BCUT2D eigenvalue weighted by atomic mass is 16.5. The average Bonchev–Trinajstić information content (AvgIpc) is 3.13. The minimum absolute atomic E-state index is 0.0241. The van der Waals surface area contributed by atoms with Gasteiger partial charge in [0.25, 0.3) is 0 Å². The van der Waals surface area contributed by atoms with Crippen molar-refractivity contribution < 1.29 is 9.47 Å². The van der Waals surface area contributed by atoms with Crippen LogP contribution in [0.5, 0.6) is 0 Å². The Balaban J connectivity index is 1.43. The molecule has 0 bridgehead atoms. The van der Waals surface area contributed by atoms with Crippen molar-refractivity contribution >= 4 is 5.96 Å². The van der Waals surface area contributed by atoms with Crippen molar-refractivity contribution in [3.05, 3.63) is 0 Å². The van der Waals surface area contributed by atoms with E-state index in [9.17, 15) is 0 Å². The van der Waals surface area contributed by atoms with Crippen LogP contribution >= 0.6 is 0 Å². The minimum Gasteiger partial charge on any atom is -0.381 e. The van der Waals surface area contributed by atoms with Crippen LogP contribution < -0.4 is 5.32 Å². The maximum Gasteiger partial charge on any atom is 0.193 e. The molecular formula is C17H32N4O2. The third kappa shape index (κ3) is 4.17. The van der Waals surface area contributed by atoms with Crippen LogP contribution in [0.25, 0.3) is 0 Å². The summed E-state index contributed by atoms with van der Waals surface area (Å²) in [7, 11) is 1.89. The zero-order chi connectivity index (χ0) is 16.3. The lowest BCUT2D eigenvalue weighted by molar-refractivity contribution is -0.0852. The first kappa shape index (κ1) is 17.0. The van der Waals surface area contributed by atoms with E-state index in [0.29, 0.717) is 5.41 Å². The van der Waals surface area contributed by atoms with E-state index in [4.69, 9.17) is 9.47 Å². The van der Waals surface area contributed by atoms with Crippen LogP contribution in [-0.2, 0) is 9.47 Å². The third-order valence-electron chi connectivity index (χ3n) is 5.35. The summed E-state index contributed by atoms with van der Waals surface area (Å²) in [6.07, 6.45) is 2.43. The summed E-state index contributed by atoms with van der Waals surface area (Å²) in [4.78, 5) is 9.36. The molecule has 0 aromatic rings. The molecule has 23 heavy (non-hydrogen) atoms. The molecule has 3 heterocycles. The molecule has 3 rings (SSSR count). The summed E-state index contributed by atoms with van der Waals surface area (Å²) < 4.78 is 11.4. The predicted octanol–water partition coefficient (Wildman–Crippen LogP) is 0.785. The van der Waals surface area contributed by atoms with Crippen LogP contribution in [-0.4, -0.2) is 87.5 Å².